The molecule has 2 rings (SSSR count). The molecule has 0 aliphatic heterocycles. The van der Waals surface area contributed by atoms with Gasteiger partial charge in [-0.15, -0.1) is 0 Å². The smallest absolute Gasteiger partial charge is 0.124 e. The first kappa shape index (κ1) is 11.7. The van der Waals surface area contributed by atoms with Gasteiger partial charge in [-0.2, -0.15) is 0 Å². The summed E-state index contributed by atoms with van der Waals surface area (Å²) in [7, 11) is 6.02. The van der Waals surface area contributed by atoms with Crippen LogP contribution in [-0.2, 0) is 0 Å². The number of hydrogen-bond donors (Lipinski definition) is 0. The number of para-hydroxylation sites is 1. The second-order valence-electron chi connectivity index (χ2n) is 5.03. The molecule has 0 radical (unpaired) electrons. The van der Waals surface area contributed by atoms with Crippen molar-refractivity contribution in [3.05, 3.63) is 48.5 Å². The number of rotatable bonds is 2. The van der Waals surface area contributed by atoms with Crippen molar-refractivity contribution in [2.75, 3.05) is 21.1 Å². The Morgan fingerprint density at radius 3 is 2.06 bits per heavy atom. The maximum absolute atomic E-state index is 12.4. The van der Waals surface area contributed by atoms with Crippen LogP contribution in [0.15, 0.2) is 48.5 Å². The highest BCUT2D eigenvalue weighted by molar-refractivity contribution is 5.76. The van der Waals surface area contributed by atoms with E-state index in [9.17, 15) is 5.11 Å². The number of quaternary nitrogens is 1. The molecule has 0 atom stereocenters. The first-order chi connectivity index (χ1) is 8.00. The van der Waals surface area contributed by atoms with E-state index in [1.807, 2.05) is 69.7 Å². The molecule has 0 unspecified atom stereocenters. The molecule has 2 nitrogen and oxygen atoms in total. The molecule has 0 saturated heterocycles. The van der Waals surface area contributed by atoms with Crippen LogP contribution in [0, 0.1) is 0 Å². The molecule has 0 heterocycles. The molecule has 0 saturated carbocycles. The summed E-state index contributed by atoms with van der Waals surface area (Å²) in [6, 6.07) is 15.5. The fraction of sp³-hybridized carbons (Fsp3) is 0.200. The van der Waals surface area contributed by atoms with Gasteiger partial charge >= 0.3 is 0 Å². The van der Waals surface area contributed by atoms with E-state index in [1.54, 1.807) is 0 Å². The van der Waals surface area contributed by atoms with Gasteiger partial charge in [0.05, 0.1) is 21.1 Å². The minimum atomic E-state index is 0.117. The van der Waals surface area contributed by atoms with Crippen LogP contribution in [0.4, 0.5) is 5.69 Å². The highest BCUT2D eigenvalue weighted by atomic mass is 16.3. The topological polar surface area (TPSA) is 23.1 Å². The van der Waals surface area contributed by atoms with Gasteiger partial charge in [-0.1, -0.05) is 42.5 Å². The van der Waals surface area contributed by atoms with Crippen molar-refractivity contribution in [1.29, 1.82) is 0 Å². The molecule has 2 heteroatoms. The van der Waals surface area contributed by atoms with E-state index in [-0.39, 0.29) is 5.75 Å². The lowest BCUT2D eigenvalue weighted by molar-refractivity contribution is -0.267. The van der Waals surface area contributed by atoms with Gasteiger partial charge in [-0.3, -0.25) is 4.48 Å². The average Bonchev–Trinajstić information content (AvgIpc) is 2.29. The van der Waals surface area contributed by atoms with E-state index >= 15 is 0 Å². The molecule has 0 spiro atoms. The fourth-order valence-electron chi connectivity index (χ4n) is 1.90. The van der Waals surface area contributed by atoms with E-state index in [0.29, 0.717) is 4.48 Å². The largest absolute Gasteiger partial charge is 0.868 e. The summed E-state index contributed by atoms with van der Waals surface area (Å²) < 4.78 is 0.541. The summed E-state index contributed by atoms with van der Waals surface area (Å²) in [5, 5.41) is 12.4. The van der Waals surface area contributed by atoms with E-state index in [2.05, 4.69) is 0 Å². The predicted molar refractivity (Wildman–Crippen MR) is 70.9 cm³/mol. The highest BCUT2D eigenvalue weighted by Crippen LogP contribution is 2.36. The molecule has 0 aliphatic carbocycles. The molecule has 88 valence electrons. The van der Waals surface area contributed by atoms with Gasteiger partial charge in [-0.05, 0) is 22.9 Å². The zero-order valence-electron chi connectivity index (χ0n) is 10.5. The minimum absolute atomic E-state index is 0.117. The van der Waals surface area contributed by atoms with Crippen molar-refractivity contribution < 1.29 is 5.11 Å². The normalized spacial score (nSPS) is 11.5. The molecule has 0 aliphatic rings. The Hall–Kier alpha value is -1.80. The van der Waals surface area contributed by atoms with Crippen LogP contribution >= 0.6 is 0 Å². The monoisotopic (exact) mass is 227 g/mol. The second-order valence-corrected chi connectivity index (χ2v) is 5.03. The Balaban J connectivity index is 2.58. The maximum Gasteiger partial charge on any atom is 0.124 e. The molecular weight excluding hydrogens is 210 g/mol. The van der Waals surface area contributed by atoms with Crippen molar-refractivity contribution in [1.82, 2.24) is 4.48 Å². The number of hydrogen-bond acceptors (Lipinski definition) is 1. The molecule has 0 aromatic heterocycles. The molecular formula is C15H17NO. The molecule has 2 aromatic carbocycles. The Morgan fingerprint density at radius 1 is 0.824 bits per heavy atom. The Morgan fingerprint density at radius 2 is 1.47 bits per heavy atom. The van der Waals surface area contributed by atoms with Crippen LogP contribution in [0.3, 0.4) is 0 Å². The van der Waals surface area contributed by atoms with Crippen LogP contribution in [-0.4, -0.2) is 21.1 Å². The lowest BCUT2D eigenvalue weighted by Gasteiger charge is -2.29. The van der Waals surface area contributed by atoms with Gasteiger partial charge in [0.2, 0.25) is 0 Å². The summed E-state index contributed by atoms with van der Waals surface area (Å²) in [6.45, 7) is 0. The van der Waals surface area contributed by atoms with Gasteiger partial charge in [0.25, 0.3) is 0 Å². The zero-order valence-corrected chi connectivity index (χ0v) is 10.5. The summed E-state index contributed by atoms with van der Waals surface area (Å²) in [5.74, 6) is 0.117. The minimum Gasteiger partial charge on any atom is -0.868 e. The number of nitrogens with zero attached hydrogens (tertiary/aromatic N) is 1. The lowest BCUT2D eigenvalue weighted by atomic mass is 10.0. The third-order valence-electron chi connectivity index (χ3n) is 2.80. The molecule has 0 bridgehead atoms. The summed E-state index contributed by atoms with van der Waals surface area (Å²) >= 11 is 0. The van der Waals surface area contributed by atoms with Crippen LogP contribution in [0.25, 0.3) is 11.1 Å². The van der Waals surface area contributed by atoms with Crippen molar-refractivity contribution in [2.45, 2.75) is 0 Å². The van der Waals surface area contributed by atoms with E-state index in [0.717, 1.165) is 16.8 Å². The van der Waals surface area contributed by atoms with Gasteiger partial charge in [-0.25, -0.2) is 0 Å². The quantitative estimate of drug-likeness (QED) is 0.723. The van der Waals surface area contributed by atoms with Crippen molar-refractivity contribution >= 4 is 5.69 Å². The number of benzene rings is 2. The van der Waals surface area contributed by atoms with Gasteiger partial charge in [0.15, 0.2) is 0 Å². The van der Waals surface area contributed by atoms with E-state index in [1.165, 1.54) is 0 Å². The SMILES string of the molecule is C[N+](C)(C)c1cccc(-c2ccccc2)c1[O-]. The average molecular weight is 227 g/mol. The summed E-state index contributed by atoms with van der Waals surface area (Å²) in [5.41, 5.74) is 2.57. The first-order valence-corrected chi connectivity index (χ1v) is 5.67. The molecule has 2 aromatic rings. The highest BCUT2D eigenvalue weighted by Gasteiger charge is 2.14. The summed E-state index contributed by atoms with van der Waals surface area (Å²) in [4.78, 5) is 0. The fourth-order valence-corrected chi connectivity index (χ4v) is 1.90. The van der Waals surface area contributed by atoms with Gasteiger partial charge in [0, 0.05) is 0 Å². The second kappa shape index (κ2) is 4.22. The van der Waals surface area contributed by atoms with Crippen molar-refractivity contribution in [2.24, 2.45) is 0 Å². The van der Waals surface area contributed by atoms with Gasteiger partial charge < -0.3 is 5.11 Å². The maximum atomic E-state index is 12.4. The third kappa shape index (κ3) is 2.32. The molecule has 0 fully saturated rings. The van der Waals surface area contributed by atoms with Crippen molar-refractivity contribution in [3.63, 3.8) is 0 Å². The van der Waals surface area contributed by atoms with Crippen LogP contribution < -0.4 is 9.59 Å². The zero-order chi connectivity index (χ0) is 12.5. The van der Waals surface area contributed by atoms with Crippen LogP contribution in [0.1, 0.15) is 0 Å². The third-order valence-corrected chi connectivity index (χ3v) is 2.80. The standard InChI is InChI=1S/C15H17NO/c1-16(2,3)14-11-7-10-13(15(14)17)12-8-5-4-6-9-12/h4-11H,1-3H3. The lowest BCUT2D eigenvalue weighted by Crippen LogP contribution is -2.35. The first-order valence-electron chi connectivity index (χ1n) is 5.67. The van der Waals surface area contributed by atoms with Crippen LogP contribution in [0.5, 0.6) is 5.75 Å². The molecule has 0 amide bonds. The Labute approximate surface area is 102 Å². The molecule has 17 heavy (non-hydrogen) atoms. The van der Waals surface area contributed by atoms with E-state index < -0.39 is 0 Å². The van der Waals surface area contributed by atoms with Gasteiger partial charge in [0.1, 0.15) is 5.69 Å². The molecule has 0 N–H and O–H groups in total. The van der Waals surface area contributed by atoms with Crippen molar-refractivity contribution in [3.8, 4) is 16.9 Å². The Bertz CT molecular complexity index is 512. The summed E-state index contributed by atoms with van der Waals surface area (Å²) in [6.07, 6.45) is 0. The van der Waals surface area contributed by atoms with Crippen LogP contribution in [0.2, 0.25) is 0 Å². The predicted octanol–water partition coefficient (Wildman–Crippen LogP) is 2.62. The van der Waals surface area contributed by atoms with E-state index in [4.69, 9.17) is 0 Å². The Kier molecular flexibility index (Phi) is 2.90.